The van der Waals surface area contributed by atoms with E-state index in [0.717, 1.165) is 0 Å². The minimum absolute atomic E-state index is 0.209. The average Bonchev–Trinajstić information content (AvgIpc) is 2.45. The summed E-state index contributed by atoms with van der Waals surface area (Å²) in [5.41, 5.74) is 1.20. The Labute approximate surface area is 119 Å². The Morgan fingerprint density at radius 3 is 2.62 bits per heavy atom. The van der Waals surface area contributed by atoms with Crippen molar-refractivity contribution in [3.63, 3.8) is 0 Å². The Bertz CT molecular complexity index is 698. The van der Waals surface area contributed by atoms with Crippen LogP contribution in [0.15, 0.2) is 42.5 Å². The second-order valence-corrected chi connectivity index (χ2v) is 4.20. The molecule has 0 amide bonds. The van der Waals surface area contributed by atoms with Crippen LogP contribution in [-0.4, -0.2) is 21.3 Å². The maximum absolute atomic E-state index is 11.0. The predicted octanol–water partition coefficient (Wildman–Crippen LogP) is 2.47. The van der Waals surface area contributed by atoms with Gasteiger partial charge in [-0.15, -0.1) is 10.1 Å². The van der Waals surface area contributed by atoms with Gasteiger partial charge in [-0.2, -0.15) is 0 Å². The monoisotopic (exact) mass is 289 g/mol. The zero-order chi connectivity index (χ0) is 15.4. The molecule has 2 aromatic rings. The summed E-state index contributed by atoms with van der Waals surface area (Å²) in [6, 6.07) is 10.9. The van der Waals surface area contributed by atoms with Crippen LogP contribution in [0.5, 0.6) is 5.75 Å². The van der Waals surface area contributed by atoms with Gasteiger partial charge in [0.25, 0.3) is 5.09 Å². The molecule has 0 aliphatic rings. The van der Waals surface area contributed by atoms with Gasteiger partial charge in [-0.1, -0.05) is 30.3 Å². The number of rotatable bonds is 5. The van der Waals surface area contributed by atoms with Crippen molar-refractivity contribution in [2.24, 2.45) is 0 Å². The second-order valence-electron chi connectivity index (χ2n) is 4.20. The number of carboxylic acids is 1. The number of benzene rings is 2. The van der Waals surface area contributed by atoms with Crippen molar-refractivity contribution in [3.8, 4) is 16.9 Å². The summed E-state index contributed by atoms with van der Waals surface area (Å²) in [7, 11) is 0. The standard InChI is InChI=1S/C14H11NO6/c16-13-11(5-2-6-12(13)14(17)18)10-4-1-3-9(7-10)8-21-15(19)20/h1-7,16H,8H2,(H,17,18). The molecule has 0 saturated carbocycles. The molecule has 7 heteroatoms. The molecule has 0 aliphatic carbocycles. The molecule has 0 aromatic heterocycles. The van der Waals surface area contributed by atoms with Gasteiger partial charge in [0.15, 0.2) is 0 Å². The van der Waals surface area contributed by atoms with E-state index in [1.54, 1.807) is 30.3 Å². The number of aromatic carboxylic acids is 1. The number of nitrogens with zero attached hydrogens (tertiary/aromatic N) is 1. The zero-order valence-electron chi connectivity index (χ0n) is 10.7. The maximum atomic E-state index is 11.0. The van der Waals surface area contributed by atoms with Crippen LogP contribution in [0.25, 0.3) is 11.1 Å². The normalized spacial score (nSPS) is 10.1. The van der Waals surface area contributed by atoms with E-state index >= 15 is 0 Å². The van der Waals surface area contributed by atoms with Crippen LogP contribution in [0.4, 0.5) is 0 Å². The molecule has 108 valence electrons. The molecule has 0 fully saturated rings. The van der Waals surface area contributed by atoms with Crippen LogP contribution in [0, 0.1) is 10.1 Å². The third-order valence-corrected chi connectivity index (χ3v) is 2.84. The molecule has 2 rings (SSSR count). The first-order chi connectivity index (χ1) is 9.99. The summed E-state index contributed by atoms with van der Waals surface area (Å²) < 4.78 is 0. The Morgan fingerprint density at radius 1 is 1.24 bits per heavy atom. The van der Waals surface area contributed by atoms with Gasteiger partial charge in [-0.05, 0) is 23.3 Å². The van der Waals surface area contributed by atoms with Crippen molar-refractivity contribution in [3.05, 3.63) is 63.7 Å². The third-order valence-electron chi connectivity index (χ3n) is 2.84. The summed E-state index contributed by atoms with van der Waals surface area (Å²) in [6.07, 6.45) is 0. The van der Waals surface area contributed by atoms with Crippen LogP contribution in [0.3, 0.4) is 0 Å². The molecule has 21 heavy (non-hydrogen) atoms. The molecule has 0 spiro atoms. The first kappa shape index (κ1) is 14.3. The van der Waals surface area contributed by atoms with Crippen LogP contribution >= 0.6 is 0 Å². The van der Waals surface area contributed by atoms with Gasteiger partial charge < -0.3 is 15.1 Å². The number of hydrogen-bond donors (Lipinski definition) is 2. The predicted molar refractivity (Wildman–Crippen MR) is 72.3 cm³/mol. The molecule has 0 saturated heterocycles. The largest absolute Gasteiger partial charge is 0.506 e. The van der Waals surface area contributed by atoms with Crippen molar-refractivity contribution in [2.75, 3.05) is 0 Å². The Kier molecular flexibility index (Phi) is 4.03. The Morgan fingerprint density at radius 2 is 1.95 bits per heavy atom. The molecule has 0 unspecified atom stereocenters. The summed E-state index contributed by atoms with van der Waals surface area (Å²) in [5, 5.41) is 28.3. The highest BCUT2D eigenvalue weighted by Crippen LogP contribution is 2.32. The van der Waals surface area contributed by atoms with E-state index in [1.165, 1.54) is 12.1 Å². The lowest BCUT2D eigenvalue weighted by atomic mass is 10.00. The quantitative estimate of drug-likeness (QED) is 0.646. The summed E-state index contributed by atoms with van der Waals surface area (Å²) in [4.78, 5) is 25.5. The smallest absolute Gasteiger partial charge is 0.339 e. The van der Waals surface area contributed by atoms with Crippen molar-refractivity contribution in [1.29, 1.82) is 0 Å². The number of hydrogen-bond acceptors (Lipinski definition) is 5. The SMILES string of the molecule is O=C(O)c1cccc(-c2cccc(CO[N+](=O)[O-])c2)c1O. The van der Waals surface area contributed by atoms with Crippen LogP contribution in [0.1, 0.15) is 15.9 Å². The minimum Gasteiger partial charge on any atom is -0.506 e. The average molecular weight is 289 g/mol. The van der Waals surface area contributed by atoms with Crippen molar-refractivity contribution < 1.29 is 24.9 Å². The highest BCUT2D eigenvalue weighted by molar-refractivity contribution is 5.94. The fraction of sp³-hybridized carbons (Fsp3) is 0.0714. The van der Waals surface area contributed by atoms with E-state index in [9.17, 15) is 20.0 Å². The molecule has 2 aromatic carbocycles. The lowest BCUT2D eigenvalue weighted by molar-refractivity contribution is -0.763. The van der Waals surface area contributed by atoms with Crippen molar-refractivity contribution >= 4 is 5.97 Å². The number of phenols is 1. The van der Waals surface area contributed by atoms with Crippen LogP contribution in [0.2, 0.25) is 0 Å². The van der Waals surface area contributed by atoms with Gasteiger partial charge in [0.1, 0.15) is 17.9 Å². The molecule has 0 radical (unpaired) electrons. The summed E-state index contributed by atoms with van der Waals surface area (Å²) in [6.45, 7) is -0.222. The van der Waals surface area contributed by atoms with Gasteiger partial charge in [-0.25, -0.2) is 4.79 Å². The Hall–Kier alpha value is -3.09. The van der Waals surface area contributed by atoms with E-state index < -0.39 is 11.1 Å². The first-order valence-corrected chi connectivity index (χ1v) is 5.91. The van der Waals surface area contributed by atoms with Crippen molar-refractivity contribution in [2.45, 2.75) is 6.61 Å². The van der Waals surface area contributed by atoms with E-state index in [4.69, 9.17) is 5.11 Å². The third kappa shape index (κ3) is 3.27. The zero-order valence-corrected chi connectivity index (χ0v) is 10.7. The lowest BCUT2D eigenvalue weighted by Gasteiger charge is -2.09. The molecule has 0 aliphatic heterocycles. The summed E-state index contributed by atoms with van der Waals surface area (Å²) >= 11 is 0. The highest BCUT2D eigenvalue weighted by Gasteiger charge is 2.14. The van der Waals surface area contributed by atoms with Gasteiger partial charge in [0.2, 0.25) is 0 Å². The van der Waals surface area contributed by atoms with E-state index in [1.807, 2.05) is 0 Å². The first-order valence-electron chi connectivity index (χ1n) is 5.91. The van der Waals surface area contributed by atoms with Crippen molar-refractivity contribution in [1.82, 2.24) is 0 Å². The van der Waals surface area contributed by atoms with E-state index in [2.05, 4.69) is 4.84 Å². The maximum Gasteiger partial charge on any atom is 0.339 e. The number of aromatic hydroxyl groups is 1. The molecular weight excluding hydrogens is 278 g/mol. The molecule has 7 nitrogen and oxygen atoms in total. The Balaban J connectivity index is 2.38. The number of carbonyl (C=O) groups is 1. The second kappa shape index (κ2) is 5.91. The minimum atomic E-state index is -1.23. The fourth-order valence-electron chi connectivity index (χ4n) is 1.90. The number of carboxylic acid groups (broad SMARTS) is 1. The van der Waals surface area contributed by atoms with E-state index in [0.29, 0.717) is 16.7 Å². The fourth-order valence-corrected chi connectivity index (χ4v) is 1.90. The summed E-state index contributed by atoms with van der Waals surface area (Å²) in [5.74, 6) is -1.58. The molecule has 0 atom stereocenters. The van der Waals surface area contributed by atoms with Crippen LogP contribution < -0.4 is 0 Å². The van der Waals surface area contributed by atoms with Crippen LogP contribution in [-0.2, 0) is 11.4 Å². The lowest BCUT2D eigenvalue weighted by Crippen LogP contribution is -2.00. The highest BCUT2D eigenvalue weighted by atomic mass is 16.9. The van der Waals surface area contributed by atoms with E-state index in [-0.39, 0.29) is 17.9 Å². The van der Waals surface area contributed by atoms with Gasteiger partial charge >= 0.3 is 5.97 Å². The molecule has 0 heterocycles. The van der Waals surface area contributed by atoms with Gasteiger partial charge in [0, 0.05) is 5.56 Å². The van der Waals surface area contributed by atoms with Gasteiger partial charge in [-0.3, -0.25) is 0 Å². The number of para-hydroxylation sites is 1. The molecule has 2 N–H and O–H groups in total. The molecule has 0 bridgehead atoms. The topological polar surface area (TPSA) is 110 Å². The molecular formula is C14H11NO6. The van der Waals surface area contributed by atoms with Gasteiger partial charge in [0.05, 0.1) is 0 Å².